The molecule has 1 aliphatic rings. The van der Waals surface area contributed by atoms with Crippen molar-refractivity contribution in [3.8, 4) is 0 Å². The summed E-state index contributed by atoms with van der Waals surface area (Å²) in [7, 11) is -3.74. The number of nitrogens with zero attached hydrogens (tertiary/aromatic N) is 1. The first-order valence-corrected chi connectivity index (χ1v) is 8.86. The fourth-order valence-corrected chi connectivity index (χ4v) is 5.15. The standard InChI is InChI=1S/C13H17NO4S2/c1-9(2)10-3-5-11(6-4-10)20(17,18)14-8-19-7-12(14)13(15)16/h3-6,9,12H,7-8H2,1-2H3,(H,15,16)/t12-/m0/s1. The van der Waals surface area contributed by atoms with Gasteiger partial charge in [0.1, 0.15) is 6.04 Å². The molecule has 20 heavy (non-hydrogen) atoms. The van der Waals surface area contributed by atoms with E-state index >= 15 is 0 Å². The van der Waals surface area contributed by atoms with Crippen molar-refractivity contribution in [3.05, 3.63) is 29.8 Å². The molecule has 0 aromatic heterocycles. The van der Waals surface area contributed by atoms with Gasteiger partial charge in [-0.2, -0.15) is 4.31 Å². The number of hydrogen-bond donors (Lipinski definition) is 1. The van der Waals surface area contributed by atoms with Crippen LogP contribution in [0.1, 0.15) is 25.3 Å². The van der Waals surface area contributed by atoms with E-state index in [9.17, 15) is 13.2 Å². The maximum atomic E-state index is 12.5. The summed E-state index contributed by atoms with van der Waals surface area (Å²) in [4.78, 5) is 11.3. The van der Waals surface area contributed by atoms with Gasteiger partial charge in [0.15, 0.2) is 0 Å². The number of hydrogen-bond acceptors (Lipinski definition) is 4. The molecule has 1 aromatic rings. The van der Waals surface area contributed by atoms with Gasteiger partial charge < -0.3 is 5.11 Å². The molecule has 0 saturated carbocycles. The molecule has 1 saturated heterocycles. The number of thioether (sulfide) groups is 1. The van der Waals surface area contributed by atoms with Crippen molar-refractivity contribution in [1.82, 2.24) is 4.31 Å². The molecule has 0 radical (unpaired) electrons. The van der Waals surface area contributed by atoms with Crippen molar-refractivity contribution < 1.29 is 18.3 Å². The molecule has 0 spiro atoms. The predicted molar refractivity (Wildman–Crippen MR) is 78.3 cm³/mol. The van der Waals surface area contributed by atoms with Gasteiger partial charge in [-0.25, -0.2) is 8.42 Å². The van der Waals surface area contributed by atoms with E-state index in [1.54, 1.807) is 24.3 Å². The largest absolute Gasteiger partial charge is 0.480 e. The van der Waals surface area contributed by atoms with Crippen molar-refractivity contribution in [2.45, 2.75) is 30.7 Å². The second-order valence-electron chi connectivity index (χ2n) is 4.97. The van der Waals surface area contributed by atoms with Crippen LogP contribution in [0, 0.1) is 0 Å². The van der Waals surface area contributed by atoms with Crippen LogP contribution in [0.25, 0.3) is 0 Å². The minimum Gasteiger partial charge on any atom is -0.480 e. The van der Waals surface area contributed by atoms with Gasteiger partial charge in [0.2, 0.25) is 10.0 Å². The minimum atomic E-state index is -3.74. The Hall–Kier alpha value is -1.05. The molecule has 1 fully saturated rings. The number of carbonyl (C=O) groups is 1. The van der Waals surface area contributed by atoms with Crippen LogP contribution in [0.15, 0.2) is 29.2 Å². The molecule has 0 aliphatic carbocycles. The van der Waals surface area contributed by atoms with E-state index in [0.717, 1.165) is 9.87 Å². The highest BCUT2D eigenvalue weighted by Crippen LogP contribution is 2.29. The fraction of sp³-hybridized carbons (Fsp3) is 0.462. The van der Waals surface area contributed by atoms with Gasteiger partial charge in [-0.05, 0) is 23.6 Å². The third kappa shape index (κ3) is 2.84. The van der Waals surface area contributed by atoms with Crippen LogP contribution in [0.5, 0.6) is 0 Å². The predicted octanol–water partition coefficient (Wildman–Crippen LogP) is 1.96. The number of rotatable bonds is 4. The maximum Gasteiger partial charge on any atom is 0.322 e. The van der Waals surface area contributed by atoms with Crippen molar-refractivity contribution in [1.29, 1.82) is 0 Å². The Kier molecular flexibility index (Phi) is 4.41. The third-order valence-electron chi connectivity index (χ3n) is 3.28. The monoisotopic (exact) mass is 315 g/mol. The van der Waals surface area contributed by atoms with Crippen LogP contribution in [0.3, 0.4) is 0 Å². The van der Waals surface area contributed by atoms with Gasteiger partial charge in [0, 0.05) is 5.75 Å². The molecule has 2 rings (SSSR count). The second-order valence-corrected chi connectivity index (χ2v) is 7.86. The van der Waals surface area contributed by atoms with Crippen LogP contribution >= 0.6 is 11.8 Å². The summed E-state index contributed by atoms with van der Waals surface area (Å²) < 4.78 is 26.0. The lowest BCUT2D eigenvalue weighted by atomic mass is 10.0. The quantitative estimate of drug-likeness (QED) is 0.919. The number of carboxylic acid groups (broad SMARTS) is 1. The normalized spacial score (nSPS) is 20.4. The van der Waals surface area contributed by atoms with E-state index in [1.807, 2.05) is 13.8 Å². The summed E-state index contributed by atoms with van der Waals surface area (Å²) in [6.07, 6.45) is 0. The minimum absolute atomic E-state index is 0.149. The van der Waals surface area contributed by atoms with Gasteiger partial charge in [-0.3, -0.25) is 4.79 Å². The highest BCUT2D eigenvalue weighted by molar-refractivity contribution is 8.00. The summed E-state index contributed by atoms with van der Waals surface area (Å²) in [6.45, 7) is 4.06. The van der Waals surface area contributed by atoms with E-state index < -0.39 is 22.0 Å². The Bertz CT molecular complexity index is 595. The average Bonchev–Trinajstić information content (AvgIpc) is 2.89. The van der Waals surface area contributed by atoms with Gasteiger partial charge >= 0.3 is 5.97 Å². The second kappa shape index (κ2) is 5.75. The Morgan fingerprint density at radius 2 is 1.95 bits per heavy atom. The van der Waals surface area contributed by atoms with Crippen LogP contribution in [0.2, 0.25) is 0 Å². The first-order valence-electron chi connectivity index (χ1n) is 6.26. The maximum absolute atomic E-state index is 12.5. The van der Waals surface area contributed by atoms with Crippen molar-refractivity contribution in [2.24, 2.45) is 0 Å². The molecule has 110 valence electrons. The fourth-order valence-electron chi connectivity index (χ4n) is 2.02. The van der Waals surface area contributed by atoms with Gasteiger partial charge in [-0.15, -0.1) is 11.8 Å². The van der Waals surface area contributed by atoms with Crippen LogP contribution in [0.4, 0.5) is 0 Å². The molecule has 5 nitrogen and oxygen atoms in total. The zero-order chi connectivity index (χ0) is 14.9. The first-order chi connectivity index (χ1) is 9.34. The number of carboxylic acids is 1. The molecule has 7 heteroatoms. The molecular weight excluding hydrogens is 298 g/mol. The number of aliphatic carboxylic acids is 1. The lowest BCUT2D eigenvalue weighted by Crippen LogP contribution is -2.41. The Morgan fingerprint density at radius 1 is 1.35 bits per heavy atom. The molecular formula is C13H17NO4S2. The average molecular weight is 315 g/mol. The topological polar surface area (TPSA) is 74.7 Å². The summed E-state index contributed by atoms with van der Waals surface area (Å²) in [5.74, 6) is -0.303. The first kappa shape index (κ1) is 15.3. The SMILES string of the molecule is CC(C)c1ccc(S(=O)(=O)N2CSC[C@H]2C(=O)O)cc1. The molecule has 1 N–H and O–H groups in total. The number of benzene rings is 1. The molecule has 1 aromatic carbocycles. The lowest BCUT2D eigenvalue weighted by Gasteiger charge is -2.20. The van der Waals surface area contributed by atoms with Gasteiger partial charge in [0.05, 0.1) is 10.8 Å². The summed E-state index contributed by atoms with van der Waals surface area (Å²) >= 11 is 1.31. The Balaban J connectivity index is 2.32. The van der Waals surface area contributed by atoms with E-state index in [-0.39, 0.29) is 10.8 Å². The smallest absolute Gasteiger partial charge is 0.322 e. The van der Waals surface area contributed by atoms with E-state index in [0.29, 0.717) is 11.7 Å². The molecule has 1 atom stereocenters. The zero-order valence-corrected chi connectivity index (χ0v) is 12.9. The van der Waals surface area contributed by atoms with Crippen LogP contribution < -0.4 is 0 Å². The van der Waals surface area contributed by atoms with E-state index in [2.05, 4.69) is 0 Å². The van der Waals surface area contributed by atoms with Gasteiger partial charge in [-0.1, -0.05) is 26.0 Å². The third-order valence-corrected chi connectivity index (χ3v) is 6.32. The zero-order valence-electron chi connectivity index (χ0n) is 11.3. The van der Waals surface area contributed by atoms with Crippen molar-refractivity contribution in [2.75, 3.05) is 11.6 Å². The molecule has 1 heterocycles. The van der Waals surface area contributed by atoms with Crippen molar-refractivity contribution >= 4 is 27.8 Å². The molecule has 0 amide bonds. The van der Waals surface area contributed by atoms with Crippen LogP contribution in [-0.2, 0) is 14.8 Å². The lowest BCUT2D eigenvalue weighted by molar-refractivity contribution is -0.140. The summed E-state index contributed by atoms with van der Waals surface area (Å²) in [5.41, 5.74) is 1.05. The van der Waals surface area contributed by atoms with E-state index in [4.69, 9.17) is 5.11 Å². The highest BCUT2D eigenvalue weighted by Gasteiger charge is 2.39. The van der Waals surface area contributed by atoms with Crippen molar-refractivity contribution in [3.63, 3.8) is 0 Å². The molecule has 1 aliphatic heterocycles. The summed E-state index contributed by atoms with van der Waals surface area (Å²) in [5, 5.41) is 9.09. The van der Waals surface area contributed by atoms with Crippen LogP contribution in [-0.4, -0.2) is 41.5 Å². The highest BCUT2D eigenvalue weighted by atomic mass is 32.2. The van der Waals surface area contributed by atoms with E-state index in [1.165, 1.54) is 11.8 Å². The number of sulfonamides is 1. The summed E-state index contributed by atoms with van der Waals surface area (Å²) in [6, 6.07) is 5.67. The Labute approximate surface area is 123 Å². The molecule has 0 unspecified atom stereocenters. The van der Waals surface area contributed by atoms with Gasteiger partial charge in [0.25, 0.3) is 0 Å². The molecule has 0 bridgehead atoms. The Morgan fingerprint density at radius 3 is 2.45 bits per heavy atom.